The first-order chi connectivity index (χ1) is 12.6. The highest BCUT2D eigenvalue weighted by atomic mass is 16.4. The quantitative estimate of drug-likeness (QED) is 0.521. The van der Waals surface area contributed by atoms with Crippen molar-refractivity contribution in [1.29, 1.82) is 0 Å². The van der Waals surface area contributed by atoms with Crippen molar-refractivity contribution >= 4 is 28.6 Å². The number of aromatic nitrogens is 3. The fourth-order valence-electron chi connectivity index (χ4n) is 2.51. The number of pyridine rings is 1. The average Bonchev–Trinajstić information content (AvgIpc) is 3.30. The summed E-state index contributed by atoms with van der Waals surface area (Å²) < 4.78 is 5.31. The van der Waals surface area contributed by atoms with Crippen LogP contribution in [0.15, 0.2) is 59.3 Å². The lowest BCUT2D eigenvalue weighted by molar-refractivity contribution is 0.0690. The zero-order chi connectivity index (χ0) is 18.1. The molecular formula is C18H12N4O4. The Hall–Kier alpha value is -3.94. The lowest BCUT2D eigenvalue weighted by Crippen LogP contribution is -2.13. The number of H-pyrrole nitrogens is 1. The van der Waals surface area contributed by atoms with Gasteiger partial charge in [-0.25, -0.2) is 14.8 Å². The molecule has 0 atom stereocenters. The van der Waals surface area contributed by atoms with Crippen LogP contribution in [0.3, 0.4) is 0 Å². The number of aromatic amines is 1. The van der Waals surface area contributed by atoms with E-state index in [4.69, 9.17) is 9.52 Å². The number of carboxylic acids is 1. The normalized spacial score (nSPS) is 10.8. The molecule has 1 amide bonds. The maximum absolute atomic E-state index is 12.3. The summed E-state index contributed by atoms with van der Waals surface area (Å²) in [7, 11) is 0. The third kappa shape index (κ3) is 2.91. The van der Waals surface area contributed by atoms with E-state index in [2.05, 4.69) is 20.3 Å². The molecule has 0 fully saturated rings. The molecule has 0 bridgehead atoms. The van der Waals surface area contributed by atoms with E-state index < -0.39 is 11.9 Å². The Morgan fingerprint density at radius 3 is 2.81 bits per heavy atom. The van der Waals surface area contributed by atoms with Gasteiger partial charge in [-0.2, -0.15) is 0 Å². The summed E-state index contributed by atoms with van der Waals surface area (Å²) in [5, 5.41) is 11.7. The van der Waals surface area contributed by atoms with E-state index >= 15 is 0 Å². The van der Waals surface area contributed by atoms with Crippen molar-refractivity contribution in [3.05, 3.63) is 66.2 Å². The number of aromatic carboxylic acids is 1. The van der Waals surface area contributed by atoms with Crippen LogP contribution in [0, 0.1) is 0 Å². The molecule has 8 heteroatoms. The Bertz CT molecular complexity index is 1120. The van der Waals surface area contributed by atoms with Crippen LogP contribution < -0.4 is 5.32 Å². The van der Waals surface area contributed by atoms with Gasteiger partial charge in [-0.1, -0.05) is 0 Å². The monoisotopic (exact) mass is 348 g/mol. The highest BCUT2D eigenvalue weighted by Gasteiger charge is 2.12. The predicted octanol–water partition coefficient (Wildman–Crippen LogP) is 3.17. The van der Waals surface area contributed by atoms with Crippen molar-refractivity contribution in [3.8, 4) is 11.6 Å². The summed E-state index contributed by atoms with van der Waals surface area (Å²) in [5.41, 5.74) is 2.02. The van der Waals surface area contributed by atoms with Crippen LogP contribution in [0.4, 0.5) is 5.69 Å². The van der Waals surface area contributed by atoms with Gasteiger partial charge in [0.2, 0.25) is 0 Å². The number of anilines is 1. The van der Waals surface area contributed by atoms with E-state index in [9.17, 15) is 9.59 Å². The predicted molar refractivity (Wildman–Crippen MR) is 92.9 cm³/mol. The highest BCUT2D eigenvalue weighted by Crippen LogP contribution is 2.23. The second kappa shape index (κ2) is 6.17. The van der Waals surface area contributed by atoms with E-state index in [0.29, 0.717) is 17.3 Å². The van der Waals surface area contributed by atoms with Gasteiger partial charge in [0, 0.05) is 17.4 Å². The number of fused-ring (bicyclic) bond motifs is 1. The summed E-state index contributed by atoms with van der Waals surface area (Å²) in [6, 6.07) is 11.5. The first-order valence-corrected chi connectivity index (χ1v) is 7.64. The minimum Gasteiger partial charge on any atom is -0.477 e. The Balaban J connectivity index is 1.60. The molecule has 3 aromatic heterocycles. The van der Waals surface area contributed by atoms with Crippen molar-refractivity contribution in [2.45, 2.75) is 0 Å². The average molecular weight is 348 g/mol. The molecule has 4 rings (SSSR count). The zero-order valence-electron chi connectivity index (χ0n) is 13.3. The van der Waals surface area contributed by atoms with Crippen LogP contribution in [0.25, 0.3) is 22.6 Å². The number of nitrogens with one attached hydrogen (secondary N) is 2. The highest BCUT2D eigenvalue weighted by molar-refractivity contribution is 6.05. The van der Waals surface area contributed by atoms with E-state index in [1.807, 2.05) is 0 Å². The number of carbonyl (C=O) groups excluding carboxylic acids is 1. The van der Waals surface area contributed by atoms with Gasteiger partial charge in [-0.15, -0.1) is 0 Å². The van der Waals surface area contributed by atoms with Crippen LogP contribution in [-0.2, 0) is 0 Å². The Morgan fingerprint density at radius 1 is 1.15 bits per heavy atom. The van der Waals surface area contributed by atoms with Crippen LogP contribution in [0.2, 0.25) is 0 Å². The minimum absolute atomic E-state index is 0.190. The number of nitrogens with zero attached hydrogens (tertiary/aromatic N) is 2. The molecule has 128 valence electrons. The topological polar surface area (TPSA) is 121 Å². The summed E-state index contributed by atoms with van der Waals surface area (Å²) >= 11 is 0. The summed E-state index contributed by atoms with van der Waals surface area (Å²) in [4.78, 5) is 34.6. The molecule has 0 saturated heterocycles. The number of furan rings is 1. The first-order valence-electron chi connectivity index (χ1n) is 7.64. The van der Waals surface area contributed by atoms with Gasteiger partial charge in [0.15, 0.2) is 11.6 Å². The molecular weight excluding hydrogens is 336 g/mol. The molecule has 0 saturated carbocycles. The number of hydrogen-bond donors (Lipinski definition) is 3. The van der Waals surface area contributed by atoms with Crippen LogP contribution in [-0.4, -0.2) is 31.9 Å². The van der Waals surface area contributed by atoms with Crippen LogP contribution in [0.5, 0.6) is 0 Å². The SMILES string of the molecule is O=C(Nc1ccc2nc(-c3ccco3)[nH]c2c1)c1ccnc(C(=O)O)c1. The van der Waals surface area contributed by atoms with E-state index in [1.165, 1.54) is 18.3 Å². The fraction of sp³-hybridized carbons (Fsp3) is 0. The minimum atomic E-state index is -1.19. The Labute approximate surface area is 146 Å². The zero-order valence-corrected chi connectivity index (χ0v) is 13.3. The maximum atomic E-state index is 12.3. The summed E-state index contributed by atoms with van der Waals surface area (Å²) in [5.74, 6) is -0.414. The van der Waals surface area contributed by atoms with E-state index in [1.54, 1.807) is 36.6 Å². The molecule has 8 nitrogen and oxygen atoms in total. The molecule has 0 unspecified atom stereocenters. The van der Waals surface area contributed by atoms with Crippen molar-refractivity contribution in [3.63, 3.8) is 0 Å². The third-order valence-electron chi connectivity index (χ3n) is 3.74. The number of benzene rings is 1. The van der Waals surface area contributed by atoms with Crippen LogP contribution >= 0.6 is 0 Å². The lowest BCUT2D eigenvalue weighted by Gasteiger charge is -2.05. The number of amides is 1. The second-order valence-corrected chi connectivity index (χ2v) is 5.48. The molecule has 0 radical (unpaired) electrons. The van der Waals surface area contributed by atoms with Gasteiger partial charge in [-0.3, -0.25) is 4.79 Å². The second-order valence-electron chi connectivity index (χ2n) is 5.48. The molecule has 3 heterocycles. The summed E-state index contributed by atoms with van der Waals surface area (Å²) in [6.07, 6.45) is 2.85. The van der Waals surface area contributed by atoms with Crippen molar-refractivity contribution in [2.75, 3.05) is 5.32 Å². The number of carboxylic acid groups (broad SMARTS) is 1. The largest absolute Gasteiger partial charge is 0.477 e. The fourth-order valence-corrected chi connectivity index (χ4v) is 2.51. The van der Waals surface area contributed by atoms with Gasteiger partial charge in [0.1, 0.15) is 5.69 Å². The van der Waals surface area contributed by atoms with E-state index in [-0.39, 0.29) is 11.3 Å². The van der Waals surface area contributed by atoms with Crippen molar-refractivity contribution in [1.82, 2.24) is 15.0 Å². The van der Waals surface area contributed by atoms with Gasteiger partial charge in [0.25, 0.3) is 5.91 Å². The third-order valence-corrected chi connectivity index (χ3v) is 3.74. The number of carbonyl (C=O) groups is 2. The molecule has 0 aliphatic rings. The van der Waals surface area contributed by atoms with Crippen molar-refractivity contribution < 1.29 is 19.1 Å². The molecule has 0 aliphatic heterocycles. The molecule has 4 aromatic rings. The lowest BCUT2D eigenvalue weighted by atomic mass is 10.2. The van der Waals surface area contributed by atoms with Crippen LogP contribution in [0.1, 0.15) is 20.8 Å². The van der Waals surface area contributed by atoms with Gasteiger partial charge < -0.3 is 19.8 Å². The van der Waals surface area contributed by atoms with Crippen molar-refractivity contribution in [2.24, 2.45) is 0 Å². The summed E-state index contributed by atoms with van der Waals surface area (Å²) in [6.45, 7) is 0. The van der Waals surface area contributed by atoms with Gasteiger partial charge in [-0.05, 0) is 42.5 Å². The number of hydrogen-bond acceptors (Lipinski definition) is 5. The maximum Gasteiger partial charge on any atom is 0.354 e. The van der Waals surface area contributed by atoms with Gasteiger partial charge >= 0.3 is 5.97 Å². The molecule has 0 aliphatic carbocycles. The molecule has 1 aromatic carbocycles. The molecule has 26 heavy (non-hydrogen) atoms. The number of rotatable bonds is 4. The molecule has 0 spiro atoms. The Morgan fingerprint density at radius 2 is 2.04 bits per heavy atom. The van der Waals surface area contributed by atoms with Gasteiger partial charge in [0.05, 0.1) is 17.3 Å². The smallest absolute Gasteiger partial charge is 0.354 e. The van der Waals surface area contributed by atoms with E-state index in [0.717, 1.165) is 11.0 Å². The first kappa shape index (κ1) is 15.6. The molecule has 3 N–H and O–H groups in total. The Kier molecular flexibility index (Phi) is 3.70. The number of imidazole rings is 1. The standard InChI is InChI=1S/C18H12N4O4/c23-17(10-5-6-19-14(8-10)18(24)25)20-11-3-4-12-13(9-11)22-16(21-12)15-2-1-7-26-15/h1-9H,(H,20,23)(H,21,22)(H,24,25).